The summed E-state index contributed by atoms with van der Waals surface area (Å²) in [6, 6.07) is 4.68. The topological polar surface area (TPSA) is 62.2 Å². The van der Waals surface area contributed by atoms with Gasteiger partial charge in [-0.15, -0.1) is 24.0 Å². The number of morpholine rings is 1. The van der Waals surface area contributed by atoms with Crippen molar-refractivity contribution in [3.05, 3.63) is 23.9 Å². The molecule has 0 aromatic carbocycles. The Hall–Kier alpha value is -1.13. The first-order chi connectivity index (χ1) is 14.3. The molecule has 8 heteroatoms. The summed E-state index contributed by atoms with van der Waals surface area (Å²) in [5.41, 5.74) is 1.11. The molecule has 168 valence electrons. The van der Waals surface area contributed by atoms with Crippen LogP contribution in [0.3, 0.4) is 0 Å². The van der Waals surface area contributed by atoms with Gasteiger partial charge in [-0.05, 0) is 44.6 Å². The van der Waals surface area contributed by atoms with Crippen molar-refractivity contribution in [1.82, 2.24) is 20.1 Å². The Balaban J connectivity index is 0.00000256. The van der Waals surface area contributed by atoms with E-state index in [0.717, 1.165) is 76.2 Å². The number of aliphatic imine (C=N–C) groups is 1. The molecule has 1 saturated carbocycles. The molecular weight excluding hydrogens is 493 g/mol. The summed E-state index contributed by atoms with van der Waals surface area (Å²) >= 11 is 0. The molecule has 1 N–H and O–H groups in total. The number of likely N-dealkylation sites (tertiary alicyclic amines) is 1. The van der Waals surface area contributed by atoms with Gasteiger partial charge in [0, 0.05) is 51.0 Å². The van der Waals surface area contributed by atoms with E-state index in [1.807, 2.05) is 12.3 Å². The number of nitrogens with one attached hydrogen (secondary N) is 1. The van der Waals surface area contributed by atoms with Gasteiger partial charge >= 0.3 is 0 Å². The van der Waals surface area contributed by atoms with Crippen LogP contribution in [0.25, 0.3) is 0 Å². The summed E-state index contributed by atoms with van der Waals surface area (Å²) in [6.45, 7) is 9.55. The molecule has 1 atom stereocenters. The summed E-state index contributed by atoms with van der Waals surface area (Å²) in [5.74, 6) is 1.75. The van der Waals surface area contributed by atoms with Crippen molar-refractivity contribution >= 4 is 29.9 Å². The maximum Gasteiger partial charge on any atom is 0.213 e. The second-order valence-electron chi connectivity index (χ2n) is 8.24. The highest BCUT2D eigenvalue weighted by atomic mass is 127. The van der Waals surface area contributed by atoms with Crippen molar-refractivity contribution in [3.63, 3.8) is 0 Å². The van der Waals surface area contributed by atoms with Crippen LogP contribution in [-0.2, 0) is 11.3 Å². The SMILES string of the molecule is CCNC(=NCc1ccc(OC2CCCC2)nc1)N1CCC(N2CCOCC2)C1.I. The van der Waals surface area contributed by atoms with Crippen LogP contribution in [0.15, 0.2) is 23.3 Å². The predicted octanol–water partition coefficient (Wildman–Crippen LogP) is 2.89. The van der Waals surface area contributed by atoms with Crippen LogP contribution >= 0.6 is 24.0 Å². The van der Waals surface area contributed by atoms with E-state index in [1.165, 1.54) is 19.3 Å². The fraction of sp³-hybridized carbons (Fsp3) is 0.727. The molecule has 2 aliphatic heterocycles. The van der Waals surface area contributed by atoms with Gasteiger partial charge in [0.2, 0.25) is 5.88 Å². The van der Waals surface area contributed by atoms with E-state index in [4.69, 9.17) is 14.5 Å². The minimum atomic E-state index is 0. The third kappa shape index (κ3) is 6.43. The van der Waals surface area contributed by atoms with Crippen LogP contribution in [0.4, 0.5) is 0 Å². The largest absolute Gasteiger partial charge is 0.474 e. The Morgan fingerprint density at radius 2 is 2.00 bits per heavy atom. The highest BCUT2D eigenvalue weighted by Gasteiger charge is 2.30. The van der Waals surface area contributed by atoms with Gasteiger partial charge in [0.25, 0.3) is 0 Å². The molecule has 7 nitrogen and oxygen atoms in total. The summed E-state index contributed by atoms with van der Waals surface area (Å²) in [7, 11) is 0. The van der Waals surface area contributed by atoms with Gasteiger partial charge in [0.15, 0.2) is 5.96 Å². The van der Waals surface area contributed by atoms with Crippen LogP contribution in [0, 0.1) is 0 Å². The van der Waals surface area contributed by atoms with Crippen molar-refractivity contribution in [1.29, 1.82) is 0 Å². The molecule has 3 heterocycles. The quantitative estimate of drug-likeness (QED) is 0.348. The lowest BCUT2D eigenvalue weighted by Gasteiger charge is -2.32. The molecule has 0 radical (unpaired) electrons. The average molecular weight is 529 g/mol. The standard InChI is InChI=1S/C22H35N5O2.HI/c1-2-23-22(27-10-9-19(17-27)26-11-13-28-14-12-26)25-16-18-7-8-21(24-15-18)29-20-5-3-4-6-20;/h7-8,15,19-20H,2-6,9-14,16-17H2,1H3,(H,23,25);1H. The molecule has 2 saturated heterocycles. The highest BCUT2D eigenvalue weighted by molar-refractivity contribution is 14.0. The first kappa shape index (κ1) is 23.5. The van der Waals surface area contributed by atoms with Crippen molar-refractivity contribution in [3.8, 4) is 5.88 Å². The monoisotopic (exact) mass is 529 g/mol. The van der Waals surface area contributed by atoms with Crippen molar-refractivity contribution in [2.24, 2.45) is 4.99 Å². The number of nitrogens with zero attached hydrogens (tertiary/aromatic N) is 4. The molecule has 1 aliphatic carbocycles. The Morgan fingerprint density at radius 1 is 1.20 bits per heavy atom. The summed E-state index contributed by atoms with van der Waals surface area (Å²) < 4.78 is 11.5. The van der Waals surface area contributed by atoms with Gasteiger partial charge in [-0.3, -0.25) is 4.90 Å². The number of rotatable bonds is 6. The second-order valence-corrected chi connectivity index (χ2v) is 8.24. The molecule has 3 aliphatic rings. The third-order valence-corrected chi connectivity index (χ3v) is 6.16. The van der Waals surface area contributed by atoms with Crippen LogP contribution < -0.4 is 10.1 Å². The third-order valence-electron chi connectivity index (χ3n) is 6.16. The van der Waals surface area contributed by atoms with Crippen LogP contribution in [0.2, 0.25) is 0 Å². The zero-order valence-corrected chi connectivity index (χ0v) is 20.4. The molecule has 0 bridgehead atoms. The van der Waals surface area contributed by atoms with Gasteiger partial charge < -0.3 is 19.7 Å². The first-order valence-corrected chi connectivity index (χ1v) is 11.3. The second kappa shape index (κ2) is 12.0. The number of halogens is 1. The van der Waals surface area contributed by atoms with Crippen LogP contribution in [0.5, 0.6) is 5.88 Å². The molecule has 30 heavy (non-hydrogen) atoms. The van der Waals surface area contributed by atoms with Gasteiger partial charge in [-0.2, -0.15) is 0 Å². The van der Waals surface area contributed by atoms with Gasteiger partial charge in [-0.1, -0.05) is 6.07 Å². The number of hydrogen-bond donors (Lipinski definition) is 1. The van der Waals surface area contributed by atoms with Crippen molar-refractivity contribution < 1.29 is 9.47 Å². The number of ether oxygens (including phenoxy) is 2. The van der Waals surface area contributed by atoms with E-state index >= 15 is 0 Å². The van der Waals surface area contributed by atoms with Crippen LogP contribution in [0.1, 0.15) is 44.6 Å². The smallest absolute Gasteiger partial charge is 0.213 e. The molecule has 1 aromatic heterocycles. The fourth-order valence-electron chi connectivity index (χ4n) is 4.52. The normalized spacial score (nSPS) is 23.4. The number of pyridine rings is 1. The molecule has 4 rings (SSSR count). The summed E-state index contributed by atoms with van der Waals surface area (Å²) in [5, 5.41) is 3.47. The lowest BCUT2D eigenvalue weighted by atomic mass is 10.2. The van der Waals surface area contributed by atoms with Crippen molar-refractivity contribution in [2.45, 2.75) is 57.7 Å². The summed E-state index contributed by atoms with van der Waals surface area (Å²) in [4.78, 5) is 14.3. The molecule has 0 amide bonds. The maximum atomic E-state index is 5.96. The van der Waals surface area contributed by atoms with E-state index in [0.29, 0.717) is 18.7 Å². The lowest BCUT2D eigenvalue weighted by Crippen LogP contribution is -2.46. The average Bonchev–Trinajstić information content (AvgIpc) is 3.45. The van der Waals surface area contributed by atoms with Gasteiger partial charge in [0.05, 0.1) is 19.8 Å². The zero-order chi connectivity index (χ0) is 19.9. The first-order valence-electron chi connectivity index (χ1n) is 11.3. The van der Waals surface area contributed by atoms with E-state index in [1.54, 1.807) is 0 Å². The minimum Gasteiger partial charge on any atom is -0.474 e. The summed E-state index contributed by atoms with van der Waals surface area (Å²) in [6.07, 6.45) is 8.29. The van der Waals surface area contributed by atoms with E-state index in [9.17, 15) is 0 Å². The lowest BCUT2D eigenvalue weighted by molar-refractivity contribution is 0.0195. The van der Waals surface area contributed by atoms with E-state index in [2.05, 4.69) is 33.1 Å². The Labute approximate surface area is 197 Å². The van der Waals surface area contributed by atoms with E-state index in [-0.39, 0.29) is 24.0 Å². The maximum absolute atomic E-state index is 5.96. The van der Waals surface area contributed by atoms with Crippen molar-refractivity contribution in [2.75, 3.05) is 45.9 Å². The number of aromatic nitrogens is 1. The number of guanidine groups is 1. The molecule has 1 aromatic rings. The molecular formula is C22H36IN5O2. The number of hydrogen-bond acceptors (Lipinski definition) is 5. The Morgan fingerprint density at radius 3 is 2.70 bits per heavy atom. The van der Waals surface area contributed by atoms with Crippen LogP contribution in [-0.4, -0.2) is 78.8 Å². The molecule has 0 spiro atoms. The molecule has 3 fully saturated rings. The predicted molar refractivity (Wildman–Crippen MR) is 130 cm³/mol. The van der Waals surface area contributed by atoms with Gasteiger partial charge in [0.1, 0.15) is 6.10 Å². The molecule has 1 unspecified atom stereocenters. The minimum absolute atomic E-state index is 0. The van der Waals surface area contributed by atoms with E-state index < -0.39 is 0 Å². The zero-order valence-electron chi connectivity index (χ0n) is 18.1. The highest BCUT2D eigenvalue weighted by Crippen LogP contribution is 2.23. The Kier molecular flexibility index (Phi) is 9.45. The Bertz CT molecular complexity index is 660. The fourth-order valence-corrected chi connectivity index (χ4v) is 4.52. The van der Waals surface area contributed by atoms with Gasteiger partial charge in [-0.25, -0.2) is 9.98 Å².